The molecule has 0 N–H and O–H groups in total. The van der Waals surface area contributed by atoms with Crippen LogP contribution in [0.2, 0.25) is 0 Å². The number of para-hydroxylation sites is 1. The Morgan fingerprint density at radius 1 is 1.12 bits per heavy atom. The Kier molecular flexibility index (Phi) is 4.07. The van der Waals surface area contributed by atoms with Gasteiger partial charge in [0.1, 0.15) is 5.82 Å². The standard InChI is InChI=1S/C20H19FN2S/c1-14(16-5-4-6-17(21)13-16)23-11-9-15(10-12-23)20-22-18-7-2-3-8-19(18)24-20/h2-8,13,15H,1,9-12H2. The normalized spacial score (nSPS) is 15.8. The lowest BCUT2D eigenvalue weighted by atomic mass is 9.96. The molecule has 2 aromatic carbocycles. The van der Waals surface area contributed by atoms with Gasteiger partial charge in [-0.3, -0.25) is 0 Å². The number of hydrogen-bond acceptors (Lipinski definition) is 3. The maximum Gasteiger partial charge on any atom is 0.123 e. The minimum atomic E-state index is -0.210. The van der Waals surface area contributed by atoms with Gasteiger partial charge in [-0.25, -0.2) is 9.37 Å². The molecule has 0 saturated carbocycles. The van der Waals surface area contributed by atoms with Gasteiger partial charge in [-0.15, -0.1) is 11.3 Å². The zero-order valence-corrected chi connectivity index (χ0v) is 14.2. The number of hydrogen-bond donors (Lipinski definition) is 0. The first-order valence-corrected chi connectivity index (χ1v) is 9.07. The Morgan fingerprint density at radius 2 is 1.92 bits per heavy atom. The van der Waals surface area contributed by atoms with E-state index >= 15 is 0 Å². The number of aromatic nitrogens is 1. The molecule has 1 fully saturated rings. The van der Waals surface area contributed by atoms with Gasteiger partial charge in [0.25, 0.3) is 0 Å². The first-order valence-electron chi connectivity index (χ1n) is 8.26. The Balaban J connectivity index is 1.45. The summed E-state index contributed by atoms with van der Waals surface area (Å²) in [5.74, 6) is 0.303. The summed E-state index contributed by atoms with van der Waals surface area (Å²) in [7, 11) is 0. The van der Waals surface area contributed by atoms with Crippen LogP contribution < -0.4 is 0 Å². The average Bonchev–Trinajstić information content (AvgIpc) is 3.05. The molecule has 2 heterocycles. The summed E-state index contributed by atoms with van der Waals surface area (Å²) in [6, 6.07) is 15.0. The Hall–Kier alpha value is -2.20. The number of thiazole rings is 1. The van der Waals surface area contributed by atoms with Crippen LogP contribution in [0.3, 0.4) is 0 Å². The molecular weight excluding hydrogens is 319 g/mol. The minimum Gasteiger partial charge on any atom is -0.371 e. The van der Waals surface area contributed by atoms with Gasteiger partial charge in [0.05, 0.1) is 15.2 Å². The number of benzene rings is 2. The molecular formula is C20H19FN2S. The molecule has 122 valence electrons. The van der Waals surface area contributed by atoms with E-state index in [1.807, 2.05) is 23.5 Å². The fourth-order valence-electron chi connectivity index (χ4n) is 3.31. The van der Waals surface area contributed by atoms with E-state index in [4.69, 9.17) is 4.98 Å². The van der Waals surface area contributed by atoms with Crippen molar-refractivity contribution in [2.75, 3.05) is 13.1 Å². The smallest absolute Gasteiger partial charge is 0.123 e. The van der Waals surface area contributed by atoms with E-state index in [1.54, 1.807) is 12.1 Å². The second-order valence-corrected chi connectivity index (χ2v) is 7.30. The van der Waals surface area contributed by atoms with Crippen LogP contribution >= 0.6 is 11.3 Å². The van der Waals surface area contributed by atoms with Crippen molar-refractivity contribution in [3.63, 3.8) is 0 Å². The average molecular weight is 338 g/mol. The molecule has 0 aliphatic carbocycles. The highest BCUT2D eigenvalue weighted by atomic mass is 32.1. The van der Waals surface area contributed by atoms with Crippen LogP contribution in [0, 0.1) is 5.82 Å². The highest BCUT2D eigenvalue weighted by Gasteiger charge is 2.24. The van der Waals surface area contributed by atoms with Crippen LogP contribution in [0.4, 0.5) is 4.39 Å². The largest absolute Gasteiger partial charge is 0.371 e. The van der Waals surface area contributed by atoms with Crippen molar-refractivity contribution >= 4 is 27.3 Å². The van der Waals surface area contributed by atoms with Crippen molar-refractivity contribution in [3.8, 4) is 0 Å². The number of halogens is 1. The van der Waals surface area contributed by atoms with Gasteiger partial charge in [0.2, 0.25) is 0 Å². The van der Waals surface area contributed by atoms with E-state index in [2.05, 4.69) is 29.7 Å². The van der Waals surface area contributed by atoms with Crippen molar-refractivity contribution in [2.24, 2.45) is 0 Å². The molecule has 0 radical (unpaired) electrons. The lowest BCUT2D eigenvalue weighted by molar-refractivity contribution is 0.299. The van der Waals surface area contributed by atoms with Crippen molar-refractivity contribution in [3.05, 3.63) is 71.5 Å². The predicted molar refractivity (Wildman–Crippen MR) is 98.6 cm³/mol. The molecule has 24 heavy (non-hydrogen) atoms. The third-order valence-electron chi connectivity index (χ3n) is 4.69. The van der Waals surface area contributed by atoms with E-state index in [9.17, 15) is 4.39 Å². The van der Waals surface area contributed by atoms with Crippen molar-refractivity contribution in [1.82, 2.24) is 9.88 Å². The summed E-state index contributed by atoms with van der Waals surface area (Å²) in [4.78, 5) is 7.07. The number of piperidine rings is 1. The quantitative estimate of drug-likeness (QED) is 0.645. The fourth-order valence-corrected chi connectivity index (χ4v) is 4.45. The SMILES string of the molecule is C=C(c1cccc(F)c1)N1CCC(c2nc3ccccc3s2)CC1. The van der Waals surface area contributed by atoms with Gasteiger partial charge in [-0.2, -0.15) is 0 Å². The predicted octanol–water partition coefficient (Wildman–Crippen LogP) is 5.29. The monoisotopic (exact) mass is 338 g/mol. The summed E-state index contributed by atoms with van der Waals surface area (Å²) in [5.41, 5.74) is 2.88. The summed E-state index contributed by atoms with van der Waals surface area (Å²) in [6.45, 7) is 6.05. The van der Waals surface area contributed by atoms with Crippen LogP contribution in [0.25, 0.3) is 15.9 Å². The van der Waals surface area contributed by atoms with Crippen LogP contribution in [-0.4, -0.2) is 23.0 Å². The molecule has 0 atom stereocenters. The molecule has 4 rings (SSSR count). The molecule has 1 aliphatic rings. The second-order valence-electron chi connectivity index (χ2n) is 6.24. The molecule has 4 heteroatoms. The first kappa shape index (κ1) is 15.3. The van der Waals surface area contributed by atoms with E-state index in [0.29, 0.717) is 5.92 Å². The molecule has 0 unspecified atom stereocenters. The number of fused-ring (bicyclic) bond motifs is 1. The molecule has 1 aliphatic heterocycles. The molecule has 0 spiro atoms. The highest BCUT2D eigenvalue weighted by molar-refractivity contribution is 7.18. The molecule has 1 aromatic heterocycles. The maximum absolute atomic E-state index is 13.4. The van der Waals surface area contributed by atoms with E-state index in [0.717, 1.165) is 42.7 Å². The van der Waals surface area contributed by atoms with Gasteiger partial charge < -0.3 is 4.90 Å². The van der Waals surface area contributed by atoms with E-state index < -0.39 is 0 Å². The fraction of sp³-hybridized carbons (Fsp3) is 0.250. The van der Waals surface area contributed by atoms with Gasteiger partial charge in [-0.05, 0) is 37.1 Å². The Morgan fingerprint density at radius 3 is 2.67 bits per heavy atom. The van der Waals surface area contributed by atoms with E-state index in [-0.39, 0.29) is 5.82 Å². The summed E-state index contributed by atoms with van der Waals surface area (Å²) in [5, 5.41) is 1.24. The molecule has 0 amide bonds. The Bertz CT molecular complexity index is 845. The van der Waals surface area contributed by atoms with Crippen molar-refractivity contribution in [2.45, 2.75) is 18.8 Å². The van der Waals surface area contributed by atoms with Crippen LogP contribution in [0.1, 0.15) is 29.3 Å². The number of rotatable bonds is 3. The van der Waals surface area contributed by atoms with E-state index in [1.165, 1.54) is 15.8 Å². The van der Waals surface area contributed by atoms with Crippen LogP contribution in [-0.2, 0) is 0 Å². The van der Waals surface area contributed by atoms with Gasteiger partial charge in [-0.1, -0.05) is 30.8 Å². The third kappa shape index (κ3) is 2.94. The Labute approximate surface area is 145 Å². The van der Waals surface area contributed by atoms with Gasteiger partial charge >= 0.3 is 0 Å². The lowest BCUT2D eigenvalue weighted by Gasteiger charge is -2.34. The maximum atomic E-state index is 13.4. The van der Waals surface area contributed by atoms with Crippen LogP contribution in [0.15, 0.2) is 55.1 Å². The summed E-state index contributed by atoms with van der Waals surface area (Å²) < 4.78 is 14.7. The second kappa shape index (κ2) is 6.36. The summed E-state index contributed by atoms with van der Waals surface area (Å²) in [6.07, 6.45) is 2.13. The molecule has 3 aromatic rings. The zero-order chi connectivity index (χ0) is 16.5. The number of likely N-dealkylation sites (tertiary alicyclic amines) is 1. The van der Waals surface area contributed by atoms with Crippen LogP contribution in [0.5, 0.6) is 0 Å². The third-order valence-corrected chi connectivity index (χ3v) is 5.89. The number of nitrogens with zero attached hydrogens (tertiary/aromatic N) is 2. The minimum absolute atomic E-state index is 0.210. The summed E-state index contributed by atoms with van der Waals surface area (Å²) >= 11 is 1.81. The topological polar surface area (TPSA) is 16.1 Å². The van der Waals surface area contributed by atoms with Gasteiger partial charge in [0.15, 0.2) is 0 Å². The van der Waals surface area contributed by atoms with Crippen molar-refractivity contribution in [1.29, 1.82) is 0 Å². The zero-order valence-electron chi connectivity index (χ0n) is 13.4. The highest BCUT2D eigenvalue weighted by Crippen LogP contribution is 2.35. The lowest BCUT2D eigenvalue weighted by Crippen LogP contribution is -2.31. The molecule has 0 bridgehead atoms. The van der Waals surface area contributed by atoms with Crippen molar-refractivity contribution < 1.29 is 4.39 Å². The van der Waals surface area contributed by atoms with Gasteiger partial charge in [0, 0.05) is 30.3 Å². The molecule has 2 nitrogen and oxygen atoms in total. The molecule has 1 saturated heterocycles. The first-order chi connectivity index (χ1) is 11.7.